The standard InChI is InChI=1S/C10H10N2/c11-7-8-3-1-5-10-9(8)4-2-6-12-10/h2,4,6,8H,1,3,5H2. The van der Waals surface area contributed by atoms with Crippen LogP contribution in [-0.4, -0.2) is 4.98 Å². The van der Waals surface area contributed by atoms with Gasteiger partial charge < -0.3 is 0 Å². The van der Waals surface area contributed by atoms with Gasteiger partial charge in [-0.1, -0.05) is 6.07 Å². The van der Waals surface area contributed by atoms with Crippen LogP contribution in [-0.2, 0) is 6.42 Å². The zero-order valence-electron chi connectivity index (χ0n) is 6.83. The monoisotopic (exact) mass is 158 g/mol. The van der Waals surface area contributed by atoms with Crippen LogP contribution in [0.2, 0.25) is 0 Å². The number of rotatable bonds is 0. The van der Waals surface area contributed by atoms with Crippen LogP contribution in [0.1, 0.15) is 30.0 Å². The molecule has 0 aliphatic heterocycles. The van der Waals surface area contributed by atoms with Crippen LogP contribution in [0.25, 0.3) is 0 Å². The van der Waals surface area contributed by atoms with Crippen molar-refractivity contribution in [1.82, 2.24) is 4.98 Å². The van der Waals surface area contributed by atoms with Gasteiger partial charge in [-0.15, -0.1) is 0 Å². The molecule has 1 aliphatic rings. The molecule has 2 heteroatoms. The molecule has 60 valence electrons. The van der Waals surface area contributed by atoms with E-state index in [0.717, 1.165) is 30.5 Å². The molecule has 2 nitrogen and oxygen atoms in total. The first-order valence-corrected chi connectivity index (χ1v) is 4.25. The van der Waals surface area contributed by atoms with E-state index in [0.29, 0.717) is 0 Å². The number of hydrogen-bond acceptors (Lipinski definition) is 2. The summed E-state index contributed by atoms with van der Waals surface area (Å²) in [5.41, 5.74) is 2.27. The summed E-state index contributed by atoms with van der Waals surface area (Å²) in [5, 5.41) is 8.86. The number of aryl methyl sites for hydroxylation is 1. The van der Waals surface area contributed by atoms with Gasteiger partial charge in [-0.25, -0.2) is 0 Å². The molecule has 1 aromatic rings. The van der Waals surface area contributed by atoms with Crippen LogP contribution in [0.4, 0.5) is 0 Å². The second kappa shape index (κ2) is 2.94. The van der Waals surface area contributed by atoms with Gasteiger partial charge in [0.1, 0.15) is 0 Å². The van der Waals surface area contributed by atoms with Crippen molar-refractivity contribution >= 4 is 0 Å². The summed E-state index contributed by atoms with van der Waals surface area (Å²) in [4.78, 5) is 4.27. The van der Waals surface area contributed by atoms with E-state index in [2.05, 4.69) is 11.1 Å². The number of fused-ring (bicyclic) bond motifs is 1. The Morgan fingerprint density at radius 3 is 3.33 bits per heavy atom. The van der Waals surface area contributed by atoms with Gasteiger partial charge in [-0.05, 0) is 30.9 Å². The fourth-order valence-corrected chi connectivity index (χ4v) is 1.74. The smallest absolute Gasteiger partial charge is 0.0730 e. The minimum absolute atomic E-state index is 0.0856. The fourth-order valence-electron chi connectivity index (χ4n) is 1.74. The van der Waals surface area contributed by atoms with E-state index in [1.54, 1.807) is 6.20 Å². The third-order valence-corrected chi connectivity index (χ3v) is 2.36. The van der Waals surface area contributed by atoms with Gasteiger partial charge in [0.15, 0.2) is 0 Å². The van der Waals surface area contributed by atoms with Crippen molar-refractivity contribution in [2.45, 2.75) is 25.2 Å². The largest absolute Gasteiger partial charge is 0.261 e. The van der Waals surface area contributed by atoms with E-state index in [-0.39, 0.29) is 5.92 Å². The van der Waals surface area contributed by atoms with E-state index in [4.69, 9.17) is 5.26 Å². The Morgan fingerprint density at radius 1 is 1.58 bits per heavy atom. The molecule has 0 saturated heterocycles. The SMILES string of the molecule is N#CC1CCCc2ncccc21. The topological polar surface area (TPSA) is 36.7 Å². The number of pyridine rings is 1. The van der Waals surface area contributed by atoms with Gasteiger partial charge in [-0.2, -0.15) is 5.26 Å². The zero-order valence-corrected chi connectivity index (χ0v) is 6.83. The van der Waals surface area contributed by atoms with Crippen molar-refractivity contribution in [2.75, 3.05) is 0 Å². The maximum Gasteiger partial charge on any atom is 0.0730 e. The zero-order chi connectivity index (χ0) is 8.39. The molecule has 0 saturated carbocycles. The summed E-state index contributed by atoms with van der Waals surface area (Å²) >= 11 is 0. The van der Waals surface area contributed by atoms with Crippen LogP contribution in [0.5, 0.6) is 0 Å². The summed E-state index contributed by atoms with van der Waals surface area (Å²) in [5.74, 6) is 0.0856. The maximum absolute atomic E-state index is 8.86. The molecule has 0 N–H and O–H groups in total. The number of aromatic nitrogens is 1. The van der Waals surface area contributed by atoms with Gasteiger partial charge in [0, 0.05) is 11.9 Å². The predicted molar refractivity (Wildman–Crippen MR) is 45.5 cm³/mol. The highest BCUT2D eigenvalue weighted by molar-refractivity contribution is 5.30. The quantitative estimate of drug-likeness (QED) is 0.579. The predicted octanol–water partition coefficient (Wildman–Crippen LogP) is 2.03. The highest BCUT2D eigenvalue weighted by Gasteiger charge is 2.19. The minimum atomic E-state index is 0.0856. The van der Waals surface area contributed by atoms with Crippen LogP contribution < -0.4 is 0 Å². The lowest BCUT2D eigenvalue weighted by atomic mass is 9.87. The first kappa shape index (κ1) is 7.30. The molecule has 1 unspecified atom stereocenters. The van der Waals surface area contributed by atoms with Crippen molar-refractivity contribution < 1.29 is 0 Å². The molecule has 1 atom stereocenters. The summed E-state index contributed by atoms with van der Waals surface area (Å²) in [6, 6.07) is 6.25. The lowest BCUT2D eigenvalue weighted by Crippen LogP contribution is -2.09. The van der Waals surface area contributed by atoms with Crippen LogP contribution in [0.3, 0.4) is 0 Å². The van der Waals surface area contributed by atoms with E-state index in [1.807, 2.05) is 12.1 Å². The lowest BCUT2D eigenvalue weighted by molar-refractivity contribution is 0.622. The van der Waals surface area contributed by atoms with Crippen LogP contribution in [0, 0.1) is 11.3 Å². The lowest BCUT2D eigenvalue weighted by Gasteiger charge is -2.18. The molecular formula is C10H10N2. The first-order valence-electron chi connectivity index (χ1n) is 4.25. The van der Waals surface area contributed by atoms with E-state index in [1.165, 1.54) is 0 Å². The highest BCUT2D eigenvalue weighted by atomic mass is 14.7. The molecule has 12 heavy (non-hydrogen) atoms. The molecule has 0 fully saturated rings. The Hall–Kier alpha value is -1.36. The molecule has 2 rings (SSSR count). The Kier molecular flexibility index (Phi) is 1.79. The van der Waals surface area contributed by atoms with Crippen LogP contribution >= 0.6 is 0 Å². The third-order valence-electron chi connectivity index (χ3n) is 2.36. The fraction of sp³-hybridized carbons (Fsp3) is 0.400. The van der Waals surface area contributed by atoms with Gasteiger partial charge in [0.25, 0.3) is 0 Å². The van der Waals surface area contributed by atoms with Gasteiger partial charge in [0.05, 0.1) is 12.0 Å². The van der Waals surface area contributed by atoms with Crippen molar-refractivity contribution in [3.8, 4) is 6.07 Å². The average Bonchev–Trinajstić information content (AvgIpc) is 2.17. The Morgan fingerprint density at radius 2 is 2.50 bits per heavy atom. The summed E-state index contributed by atoms with van der Waals surface area (Å²) in [6.45, 7) is 0. The minimum Gasteiger partial charge on any atom is -0.261 e. The number of nitrogens with zero attached hydrogens (tertiary/aromatic N) is 2. The molecule has 1 heterocycles. The molecule has 1 aliphatic carbocycles. The molecule has 1 aromatic heterocycles. The van der Waals surface area contributed by atoms with Crippen molar-refractivity contribution in [2.24, 2.45) is 0 Å². The maximum atomic E-state index is 8.86. The Labute approximate surface area is 71.9 Å². The third kappa shape index (κ3) is 1.08. The molecule has 0 spiro atoms. The summed E-state index contributed by atoms with van der Waals surface area (Å²) in [6.07, 6.45) is 4.93. The number of hydrogen-bond donors (Lipinski definition) is 0. The second-order valence-corrected chi connectivity index (χ2v) is 3.11. The van der Waals surface area contributed by atoms with E-state index < -0.39 is 0 Å². The molecule has 0 bridgehead atoms. The molecule has 0 radical (unpaired) electrons. The van der Waals surface area contributed by atoms with E-state index in [9.17, 15) is 0 Å². The van der Waals surface area contributed by atoms with E-state index >= 15 is 0 Å². The van der Waals surface area contributed by atoms with Gasteiger partial charge in [-0.3, -0.25) is 4.98 Å². The van der Waals surface area contributed by atoms with Crippen molar-refractivity contribution in [3.63, 3.8) is 0 Å². The highest BCUT2D eigenvalue weighted by Crippen LogP contribution is 2.28. The Bertz CT molecular complexity index is 325. The Balaban J connectivity index is 2.45. The average molecular weight is 158 g/mol. The first-order chi connectivity index (χ1) is 5.92. The second-order valence-electron chi connectivity index (χ2n) is 3.11. The van der Waals surface area contributed by atoms with Crippen LogP contribution in [0.15, 0.2) is 18.3 Å². The summed E-state index contributed by atoms with van der Waals surface area (Å²) in [7, 11) is 0. The molecule has 0 amide bonds. The number of nitriles is 1. The van der Waals surface area contributed by atoms with Gasteiger partial charge >= 0.3 is 0 Å². The van der Waals surface area contributed by atoms with Crippen molar-refractivity contribution in [1.29, 1.82) is 5.26 Å². The molecular weight excluding hydrogens is 148 g/mol. The molecule has 0 aromatic carbocycles. The summed E-state index contributed by atoms with van der Waals surface area (Å²) < 4.78 is 0. The normalized spacial score (nSPS) is 21.1. The van der Waals surface area contributed by atoms with Crippen molar-refractivity contribution in [3.05, 3.63) is 29.6 Å². The van der Waals surface area contributed by atoms with Gasteiger partial charge in [0.2, 0.25) is 0 Å².